The van der Waals surface area contributed by atoms with E-state index in [1.165, 1.54) is 12.4 Å². The van der Waals surface area contributed by atoms with Crippen LogP contribution in [0.1, 0.15) is 5.69 Å². The fraction of sp³-hybridized carbons (Fsp3) is 0.286. The average Bonchev–Trinajstić information content (AvgIpc) is 2.15. The van der Waals surface area contributed by atoms with Gasteiger partial charge in [0, 0.05) is 6.54 Å². The van der Waals surface area contributed by atoms with Crippen molar-refractivity contribution in [2.24, 2.45) is 0 Å². The summed E-state index contributed by atoms with van der Waals surface area (Å²) in [6.45, 7) is -0.290. The topological polar surface area (TPSA) is 61.6 Å². The second-order valence-electron chi connectivity index (χ2n) is 2.02. The van der Waals surface area contributed by atoms with E-state index in [2.05, 4.69) is 15.3 Å². The van der Waals surface area contributed by atoms with Gasteiger partial charge >= 0.3 is 0 Å². The summed E-state index contributed by atoms with van der Waals surface area (Å²) in [5, 5.41) is 11.1. The molecule has 1 rings (SSSR count). The molecule has 0 bridgehead atoms. The molecular weight excluding hydrogens is 159 g/mol. The van der Waals surface area contributed by atoms with Crippen molar-refractivity contribution in [2.75, 3.05) is 18.5 Å². The Bertz CT molecular complexity index is 294. The maximum atomic E-state index is 11.7. The zero-order chi connectivity index (χ0) is 8.81. The van der Waals surface area contributed by atoms with E-state index in [0.29, 0.717) is 5.82 Å². The van der Waals surface area contributed by atoms with Crippen molar-refractivity contribution in [3.05, 3.63) is 18.1 Å². The number of nitriles is 1. The van der Waals surface area contributed by atoms with Gasteiger partial charge < -0.3 is 5.32 Å². The molecule has 1 aromatic heterocycles. The largest absolute Gasteiger partial charge is 0.366 e. The third-order valence-corrected chi connectivity index (χ3v) is 1.15. The summed E-state index contributed by atoms with van der Waals surface area (Å²) in [4.78, 5) is 7.57. The molecule has 0 unspecified atom stereocenters. The third-order valence-electron chi connectivity index (χ3n) is 1.15. The van der Waals surface area contributed by atoms with Crippen LogP contribution in [0, 0.1) is 11.3 Å². The fourth-order valence-corrected chi connectivity index (χ4v) is 0.680. The minimum atomic E-state index is -0.474. The average molecular weight is 166 g/mol. The van der Waals surface area contributed by atoms with Crippen LogP contribution in [0.5, 0.6) is 0 Å². The van der Waals surface area contributed by atoms with Gasteiger partial charge in [-0.3, -0.25) is 4.98 Å². The smallest absolute Gasteiger partial charge is 0.161 e. The molecular formula is C7H7FN4. The first-order valence-corrected chi connectivity index (χ1v) is 3.39. The van der Waals surface area contributed by atoms with Crippen LogP contribution in [0.2, 0.25) is 0 Å². The molecule has 0 saturated heterocycles. The number of halogens is 1. The van der Waals surface area contributed by atoms with Crippen LogP contribution in [-0.4, -0.2) is 23.2 Å². The van der Waals surface area contributed by atoms with Crippen molar-refractivity contribution in [2.45, 2.75) is 0 Å². The molecule has 0 aliphatic heterocycles. The standard InChI is InChI=1S/C7H7FN4/c8-1-2-11-7-5-10-4-6(3-9)12-7/h4-5H,1-2H2,(H,11,12). The SMILES string of the molecule is N#Cc1cncc(NCCF)n1. The fourth-order valence-electron chi connectivity index (χ4n) is 0.680. The van der Waals surface area contributed by atoms with Crippen LogP contribution in [0.15, 0.2) is 12.4 Å². The van der Waals surface area contributed by atoms with Crippen LogP contribution < -0.4 is 5.32 Å². The Labute approximate surface area is 69.1 Å². The Balaban J connectivity index is 2.68. The summed E-state index contributed by atoms with van der Waals surface area (Å²) in [5.41, 5.74) is 0.221. The molecule has 5 heteroatoms. The molecule has 1 N–H and O–H groups in total. The Morgan fingerprint density at radius 1 is 1.58 bits per heavy atom. The van der Waals surface area contributed by atoms with Gasteiger partial charge in [-0.15, -0.1) is 0 Å². The van der Waals surface area contributed by atoms with Crippen LogP contribution in [0.4, 0.5) is 10.2 Å². The molecule has 0 spiro atoms. The van der Waals surface area contributed by atoms with Crippen molar-refractivity contribution in [1.29, 1.82) is 5.26 Å². The van der Waals surface area contributed by atoms with Gasteiger partial charge in [-0.25, -0.2) is 9.37 Å². The molecule has 12 heavy (non-hydrogen) atoms. The predicted molar refractivity (Wildman–Crippen MR) is 41.2 cm³/mol. The van der Waals surface area contributed by atoms with E-state index in [1.54, 1.807) is 0 Å². The van der Waals surface area contributed by atoms with Crippen molar-refractivity contribution in [1.82, 2.24) is 9.97 Å². The maximum Gasteiger partial charge on any atom is 0.161 e. The number of alkyl halides is 1. The molecule has 0 saturated carbocycles. The highest BCUT2D eigenvalue weighted by atomic mass is 19.1. The van der Waals surface area contributed by atoms with Gasteiger partial charge in [0.2, 0.25) is 0 Å². The summed E-state index contributed by atoms with van der Waals surface area (Å²) in [7, 11) is 0. The van der Waals surface area contributed by atoms with Crippen LogP contribution >= 0.6 is 0 Å². The van der Waals surface area contributed by atoms with Crippen molar-refractivity contribution in [3.63, 3.8) is 0 Å². The molecule has 0 aliphatic carbocycles. The van der Waals surface area contributed by atoms with Gasteiger partial charge in [0.15, 0.2) is 5.69 Å². The zero-order valence-electron chi connectivity index (χ0n) is 6.29. The highest BCUT2D eigenvalue weighted by Gasteiger charge is 1.95. The number of aromatic nitrogens is 2. The lowest BCUT2D eigenvalue weighted by Gasteiger charge is -2.00. The summed E-state index contributed by atoms with van der Waals surface area (Å²) in [5.74, 6) is 0.423. The zero-order valence-corrected chi connectivity index (χ0v) is 6.29. The molecule has 0 radical (unpaired) electrons. The van der Waals surface area contributed by atoms with Gasteiger partial charge in [0.25, 0.3) is 0 Å². The number of hydrogen-bond acceptors (Lipinski definition) is 4. The summed E-state index contributed by atoms with van der Waals surface area (Å²) >= 11 is 0. The number of anilines is 1. The quantitative estimate of drug-likeness (QED) is 0.719. The highest BCUT2D eigenvalue weighted by molar-refractivity contribution is 5.34. The first-order chi connectivity index (χ1) is 5.86. The number of nitrogens with one attached hydrogen (secondary N) is 1. The van der Waals surface area contributed by atoms with Crippen molar-refractivity contribution in [3.8, 4) is 6.07 Å². The Morgan fingerprint density at radius 3 is 3.08 bits per heavy atom. The van der Waals surface area contributed by atoms with E-state index in [4.69, 9.17) is 5.26 Å². The van der Waals surface area contributed by atoms with Gasteiger partial charge in [-0.2, -0.15) is 5.26 Å². The highest BCUT2D eigenvalue weighted by Crippen LogP contribution is 1.99. The number of nitrogens with zero attached hydrogens (tertiary/aromatic N) is 3. The van der Waals surface area contributed by atoms with E-state index in [1.807, 2.05) is 6.07 Å². The van der Waals surface area contributed by atoms with Crippen molar-refractivity contribution >= 4 is 5.82 Å². The Hall–Kier alpha value is -1.70. The molecule has 0 aliphatic rings. The van der Waals surface area contributed by atoms with Gasteiger partial charge in [-0.1, -0.05) is 0 Å². The van der Waals surface area contributed by atoms with Crippen molar-refractivity contribution < 1.29 is 4.39 Å². The molecule has 62 valence electrons. The molecule has 1 aromatic rings. The predicted octanol–water partition coefficient (Wildman–Crippen LogP) is 0.730. The minimum Gasteiger partial charge on any atom is -0.366 e. The second-order valence-corrected chi connectivity index (χ2v) is 2.02. The third kappa shape index (κ3) is 2.16. The number of hydrogen-bond donors (Lipinski definition) is 1. The van der Waals surface area contributed by atoms with Crippen LogP contribution in [-0.2, 0) is 0 Å². The summed E-state index contributed by atoms with van der Waals surface area (Å²) in [6.07, 6.45) is 2.79. The second kappa shape index (κ2) is 4.23. The molecule has 0 aromatic carbocycles. The van der Waals surface area contributed by atoms with Crippen LogP contribution in [0.3, 0.4) is 0 Å². The molecule has 0 atom stereocenters. The van der Waals surface area contributed by atoms with E-state index in [9.17, 15) is 4.39 Å². The first kappa shape index (κ1) is 8.40. The maximum absolute atomic E-state index is 11.7. The van der Waals surface area contributed by atoms with E-state index in [0.717, 1.165) is 0 Å². The van der Waals surface area contributed by atoms with E-state index in [-0.39, 0.29) is 12.2 Å². The molecule has 0 fully saturated rings. The Kier molecular flexibility index (Phi) is 2.96. The van der Waals surface area contributed by atoms with E-state index >= 15 is 0 Å². The number of rotatable bonds is 3. The minimum absolute atomic E-state index is 0.184. The summed E-state index contributed by atoms with van der Waals surface area (Å²) in [6, 6.07) is 1.84. The molecule has 4 nitrogen and oxygen atoms in total. The monoisotopic (exact) mass is 166 g/mol. The normalized spacial score (nSPS) is 9.00. The van der Waals surface area contributed by atoms with Gasteiger partial charge in [0.1, 0.15) is 18.6 Å². The lowest BCUT2D eigenvalue weighted by atomic mass is 10.5. The summed E-state index contributed by atoms with van der Waals surface area (Å²) < 4.78 is 11.7. The molecule has 1 heterocycles. The lowest BCUT2D eigenvalue weighted by molar-refractivity contribution is 0.512. The Morgan fingerprint density at radius 2 is 2.42 bits per heavy atom. The van der Waals surface area contributed by atoms with Gasteiger partial charge in [0.05, 0.1) is 12.4 Å². The van der Waals surface area contributed by atoms with E-state index < -0.39 is 6.67 Å². The lowest BCUT2D eigenvalue weighted by Crippen LogP contribution is -2.05. The van der Waals surface area contributed by atoms with Gasteiger partial charge in [-0.05, 0) is 0 Å². The molecule has 0 amide bonds. The van der Waals surface area contributed by atoms with Crippen LogP contribution in [0.25, 0.3) is 0 Å². The first-order valence-electron chi connectivity index (χ1n) is 3.39.